The zero-order valence-corrected chi connectivity index (χ0v) is 27.5. The minimum absolute atomic E-state index is 0.0303. The maximum Gasteiger partial charge on any atom is 0.306 e. The maximum absolute atomic E-state index is 12.7. The molecule has 0 aromatic rings. The Bertz CT molecular complexity index is 1140. The number of hydrogen-bond donors (Lipinski definition) is 7. The van der Waals surface area contributed by atoms with Gasteiger partial charge < -0.3 is 45.2 Å². The summed E-state index contributed by atoms with van der Waals surface area (Å²) in [7, 11) is 0. The van der Waals surface area contributed by atoms with Crippen molar-refractivity contribution < 1.29 is 50.0 Å². The molecule has 0 radical (unpaired) electrons. The van der Waals surface area contributed by atoms with Crippen LogP contribution in [0.1, 0.15) is 92.4 Å². The average Bonchev–Trinajstić information content (AvgIpc) is 3.34. The first-order valence-electron chi connectivity index (χ1n) is 17.1. The van der Waals surface area contributed by atoms with Gasteiger partial charge in [0.25, 0.3) is 0 Å². The van der Waals surface area contributed by atoms with Crippen LogP contribution in [-0.2, 0) is 14.3 Å². The van der Waals surface area contributed by atoms with Crippen molar-refractivity contribution in [3.05, 3.63) is 23.3 Å². The molecule has 10 nitrogen and oxygen atoms in total. The lowest BCUT2D eigenvalue weighted by Gasteiger charge is -2.54. The minimum Gasteiger partial charge on any atom is -0.481 e. The summed E-state index contributed by atoms with van der Waals surface area (Å²) < 4.78 is 11.8. The number of aliphatic carboxylic acids is 1. The van der Waals surface area contributed by atoms with Crippen LogP contribution in [0, 0.1) is 40.4 Å². The highest BCUT2D eigenvalue weighted by Crippen LogP contribution is 2.65. The Labute approximate surface area is 267 Å². The fourth-order valence-electron chi connectivity index (χ4n) is 9.87. The van der Waals surface area contributed by atoms with E-state index in [1.54, 1.807) is 6.92 Å². The Morgan fingerprint density at radius 2 is 1.80 bits per heavy atom. The quantitative estimate of drug-likeness (QED) is 0.189. The van der Waals surface area contributed by atoms with Gasteiger partial charge in [0.2, 0.25) is 0 Å². The van der Waals surface area contributed by atoms with Crippen LogP contribution in [0.25, 0.3) is 0 Å². The number of carbonyl (C=O) groups is 1. The summed E-state index contributed by atoms with van der Waals surface area (Å²) in [5.41, 5.74) is 1.16. The van der Waals surface area contributed by atoms with Gasteiger partial charge in [-0.25, -0.2) is 0 Å². The van der Waals surface area contributed by atoms with Crippen molar-refractivity contribution >= 4 is 5.97 Å². The molecule has 1 aliphatic heterocycles. The predicted octanol–water partition coefficient (Wildman–Crippen LogP) is 2.92. The van der Waals surface area contributed by atoms with Crippen molar-refractivity contribution in [1.82, 2.24) is 0 Å². The predicted molar refractivity (Wildman–Crippen MR) is 166 cm³/mol. The highest BCUT2D eigenvalue weighted by molar-refractivity contribution is 5.70. The lowest BCUT2D eigenvalue weighted by Crippen LogP contribution is -2.60. The average molecular weight is 637 g/mol. The molecular formula is C35H56O10. The third-order valence-corrected chi connectivity index (χ3v) is 13.1. The molecule has 1 heterocycles. The number of ether oxygens (including phenoxy) is 2. The fraction of sp³-hybridized carbons (Fsp3) is 0.857. The molecule has 7 N–H and O–H groups in total. The molecule has 5 rings (SSSR count). The van der Waals surface area contributed by atoms with Crippen LogP contribution >= 0.6 is 0 Å². The van der Waals surface area contributed by atoms with Crippen molar-refractivity contribution in [3.63, 3.8) is 0 Å². The number of allylic oxidation sites excluding steroid dienone is 4. The zero-order valence-electron chi connectivity index (χ0n) is 27.5. The third kappa shape index (κ3) is 5.96. The largest absolute Gasteiger partial charge is 0.481 e. The molecule has 45 heavy (non-hydrogen) atoms. The monoisotopic (exact) mass is 636 g/mol. The molecule has 3 fully saturated rings. The highest BCUT2D eigenvalue weighted by atomic mass is 16.7. The van der Waals surface area contributed by atoms with E-state index >= 15 is 0 Å². The van der Waals surface area contributed by atoms with E-state index in [-0.39, 0.29) is 41.1 Å². The number of aliphatic hydroxyl groups excluding tert-OH is 5. The third-order valence-electron chi connectivity index (χ3n) is 13.1. The fourth-order valence-corrected chi connectivity index (χ4v) is 9.87. The van der Waals surface area contributed by atoms with Gasteiger partial charge in [-0.1, -0.05) is 39.8 Å². The summed E-state index contributed by atoms with van der Waals surface area (Å²) in [5, 5.41) is 72.3. The molecule has 4 aliphatic carbocycles. The summed E-state index contributed by atoms with van der Waals surface area (Å²) in [6.45, 7) is 9.39. The number of aliphatic hydroxyl groups is 6. The van der Waals surface area contributed by atoms with E-state index in [1.165, 1.54) is 11.1 Å². The van der Waals surface area contributed by atoms with Gasteiger partial charge in [-0.2, -0.15) is 0 Å². The van der Waals surface area contributed by atoms with Crippen LogP contribution in [-0.4, -0.2) is 96.8 Å². The van der Waals surface area contributed by atoms with Gasteiger partial charge in [-0.15, -0.1) is 0 Å². The van der Waals surface area contributed by atoms with Gasteiger partial charge in [0.15, 0.2) is 6.29 Å². The van der Waals surface area contributed by atoms with Crippen LogP contribution in [0.2, 0.25) is 0 Å². The van der Waals surface area contributed by atoms with Gasteiger partial charge in [-0.05, 0) is 110 Å². The van der Waals surface area contributed by atoms with Crippen LogP contribution in [0.4, 0.5) is 0 Å². The maximum atomic E-state index is 12.7. The first-order valence-corrected chi connectivity index (χ1v) is 17.1. The first-order chi connectivity index (χ1) is 21.1. The molecule has 1 saturated heterocycles. The minimum atomic E-state index is -1.47. The number of fused-ring (bicyclic) bond motifs is 5. The second kappa shape index (κ2) is 12.9. The molecule has 0 spiro atoms. The number of hydrogen-bond acceptors (Lipinski definition) is 9. The van der Waals surface area contributed by atoms with Gasteiger partial charge in [0, 0.05) is 0 Å². The van der Waals surface area contributed by atoms with E-state index in [9.17, 15) is 40.5 Å². The van der Waals surface area contributed by atoms with E-state index in [0.29, 0.717) is 12.3 Å². The van der Waals surface area contributed by atoms with Crippen molar-refractivity contribution in [2.45, 2.75) is 141 Å². The second-order valence-corrected chi connectivity index (χ2v) is 15.6. The van der Waals surface area contributed by atoms with E-state index in [1.807, 2.05) is 13.8 Å². The highest BCUT2D eigenvalue weighted by Gasteiger charge is 2.57. The number of carboxylic acid groups (broad SMARTS) is 1. The Balaban J connectivity index is 1.30. The van der Waals surface area contributed by atoms with Crippen LogP contribution < -0.4 is 0 Å². The van der Waals surface area contributed by atoms with E-state index in [0.717, 1.165) is 44.9 Å². The van der Waals surface area contributed by atoms with Gasteiger partial charge in [0.1, 0.15) is 24.4 Å². The Kier molecular flexibility index (Phi) is 10.0. The standard InChI is InChI=1S/C35H56O10/c1-18(2)35(43,19(3)37)15-11-23(31(41)42)25-9-8-24-22-7-6-20-16-21(10-13-33(20,4)26(22)12-14-34(24,25)5)44-32-30(40)29(39)28(38)27(17-36)45-32/h7,12,18-21,23-25,27-30,32,36-40,43H,6,8-11,13-17H2,1-5H3,(H,41,42)/t19-,20?,21-,23+,24-,25+,27+,28+,29-,30+,32+,33-,34-,35+/m0/s1. The Morgan fingerprint density at radius 1 is 1.09 bits per heavy atom. The Morgan fingerprint density at radius 3 is 2.42 bits per heavy atom. The van der Waals surface area contributed by atoms with Gasteiger partial charge in [0.05, 0.1) is 30.3 Å². The zero-order chi connectivity index (χ0) is 33.1. The molecule has 1 unspecified atom stereocenters. The molecular weight excluding hydrogens is 580 g/mol. The van der Waals surface area contributed by atoms with Gasteiger partial charge >= 0.3 is 5.97 Å². The molecule has 10 heteroatoms. The first kappa shape index (κ1) is 35.0. The molecule has 0 aromatic heterocycles. The lowest BCUT2D eigenvalue weighted by molar-refractivity contribution is -0.314. The van der Waals surface area contributed by atoms with Crippen LogP contribution in [0.15, 0.2) is 23.3 Å². The summed E-state index contributed by atoms with van der Waals surface area (Å²) in [6, 6.07) is 0. The molecule has 0 bridgehead atoms. The van der Waals surface area contributed by atoms with E-state index in [2.05, 4.69) is 26.0 Å². The van der Waals surface area contributed by atoms with Crippen molar-refractivity contribution in [1.29, 1.82) is 0 Å². The number of rotatable bonds is 10. The molecule has 0 aromatic carbocycles. The SMILES string of the molecule is CC(C)[C@](O)(CC[C@@H](C(=O)O)[C@H]1CC[C@H]2C3=CCC4C[C@@H](O[C@@H]5O[C@H](CO)[C@@H](O)[C@H](O)[C@H]5O)CC[C@]4(C)C3=CC[C@]12C)[C@H](C)O. The van der Waals surface area contributed by atoms with Gasteiger partial charge in [-0.3, -0.25) is 4.79 Å². The second-order valence-electron chi connectivity index (χ2n) is 15.6. The molecule has 5 aliphatic rings. The van der Waals surface area contributed by atoms with Crippen molar-refractivity contribution in [2.24, 2.45) is 40.4 Å². The molecule has 0 amide bonds. The Hall–Kier alpha value is -1.37. The van der Waals surface area contributed by atoms with Crippen molar-refractivity contribution in [3.8, 4) is 0 Å². The van der Waals surface area contributed by atoms with E-state index in [4.69, 9.17) is 9.47 Å². The van der Waals surface area contributed by atoms with Crippen molar-refractivity contribution in [2.75, 3.05) is 6.61 Å². The normalized spacial score (nSPS) is 44.1. The lowest BCUT2D eigenvalue weighted by atomic mass is 9.51. The van der Waals surface area contributed by atoms with Crippen LogP contribution in [0.3, 0.4) is 0 Å². The van der Waals surface area contributed by atoms with E-state index < -0.39 is 60.9 Å². The summed E-state index contributed by atoms with van der Waals surface area (Å²) >= 11 is 0. The molecule has 2 saturated carbocycles. The number of carboxylic acids is 1. The van der Waals surface area contributed by atoms with Crippen LogP contribution in [0.5, 0.6) is 0 Å². The summed E-state index contributed by atoms with van der Waals surface area (Å²) in [5.74, 6) is -1.07. The summed E-state index contributed by atoms with van der Waals surface area (Å²) in [6.07, 6.45) is 3.51. The smallest absolute Gasteiger partial charge is 0.306 e. The topological polar surface area (TPSA) is 177 Å². The molecule has 14 atom stereocenters. The molecule has 256 valence electrons. The summed E-state index contributed by atoms with van der Waals surface area (Å²) in [4.78, 5) is 12.7.